The molecule has 160 valence electrons. The molecule has 0 radical (unpaired) electrons. The van der Waals surface area contributed by atoms with Gasteiger partial charge in [-0.2, -0.15) is 0 Å². The Balaban J connectivity index is 1.79. The Labute approximate surface area is 177 Å². The van der Waals surface area contributed by atoms with Crippen molar-refractivity contribution in [1.82, 2.24) is 5.32 Å². The number of rotatable bonds is 10. The molecule has 2 aromatic rings. The molecule has 0 aliphatic carbocycles. The SMILES string of the molecule is CCCCNC(=O)c1ccc(NC(=O)CNc2ccc(NC(=O)C(C)C)cc2)cc1. The first kappa shape index (κ1) is 22.9. The van der Waals surface area contributed by atoms with E-state index in [-0.39, 0.29) is 30.2 Å². The monoisotopic (exact) mass is 410 g/mol. The number of benzene rings is 2. The van der Waals surface area contributed by atoms with Gasteiger partial charge in [0.05, 0.1) is 6.54 Å². The second kappa shape index (κ2) is 11.6. The summed E-state index contributed by atoms with van der Waals surface area (Å²) in [5, 5.41) is 11.5. The van der Waals surface area contributed by atoms with Crippen molar-refractivity contribution in [2.45, 2.75) is 33.6 Å². The van der Waals surface area contributed by atoms with E-state index in [0.29, 0.717) is 23.5 Å². The molecular weight excluding hydrogens is 380 g/mol. The van der Waals surface area contributed by atoms with Gasteiger partial charge in [0.1, 0.15) is 0 Å². The number of unbranched alkanes of at least 4 members (excludes halogenated alkanes) is 1. The molecule has 2 rings (SSSR count). The number of carbonyl (C=O) groups is 3. The molecule has 0 heterocycles. The third-order valence-electron chi connectivity index (χ3n) is 4.38. The summed E-state index contributed by atoms with van der Waals surface area (Å²) in [6.07, 6.45) is 1.97. The van der Waals surface area contributed by atoms with Gasteiger partial charge in [-0.3, -0.25) is 14.4 Å². The number of anilines is 3. The van der Waals surface area contributed by atoms with E-state index in [1.807, 2.05) is 13.8 Å². The number of hydrogen-bond donors (Lipinski definition) is 4. The highest BCUT2D eigenvalue weighted by atomic mass is 16.2. The average Bonchev–Trinajstić information content (AvgIpc) is 2.73. The van der Waals surface area contributed by atoms with Crippen molar-refractivity contribution in [3.05, 3.63) is 54.1 Å². The summed E-state index contributed by atoms with van der Waals surface area (Å²) in [4.78, 5) is 35.9. The second-order valence-corrected chi connectivity index (χ2v) is 7.31. The molecule has 0 aliphatic rings. The predicted molar refractivity (Wildman–Crippen MR) is 121 cm³/mol. The van der Waals surface area contributed by atoms with Gasteiger partial charge >= 0.3 is 0 Å². The van der Waals surface area contributed by atoms with Gasteiger partial charge in [0.2, 0.25) is 11.8 Å². The first-order valence-corrected chi connectivity index (χ1v) is 10.2. The van der Waals surface area contributed by atoms with E-state index < -0.39 is 0 Å². The van der Waals surface area contributed by atoms with Crippen LogP contribution >= 0.6 is 0 Å². The summed E-state index contributed by atoms with van der Waals surface area (Å²) in [5.41, 5.74) is 2.67. The van der Waals surface area contributed by atoms with Crippen LogP contribution in [0.25, 0.3) is 0 Å². The van der Waals surface area contributed by atoms with E-state index in [1.165, 1.54) is 0 Å². The molecule has 0 saturated carbocycles. The minimum absolute atomic E-state index is 0.0421. The van der Waals surface area contributed by atoms with Gasteiger partial charge in [-0.25, -0.2) is 0 Å². The van der Waals surface area contributed by atoms with Crippen LogP contribution in [0.1, 0.15) is 44.0 Å². The van der Waals surface area contributed by atoms with E-state index in [4.69, 9.17) is 0 Å². The summed E-state index contributed by atoms with van der Waals surface area (Å²) in [6.45, 7) is 6.49. The zero-order valence-electron chi connectivity index (χ0n) is 17.7. The molecule has 0 atom stereocenters. The van der Waals surface area contributed by atoms with Crippen LogP contribution < -0.4 is 21.3 Å². The average molecular weight is 411 g/mol. The van der Waals surface area contributed by atoms with Gasteiger partial charge in [0, 0.05) is 35.1 Å². The van der Waals surface area contributed by atoms with Gasteiger partial charge in [0.25, 0.3) is 5.91 Å². The molecule has 7 nitrogen and oxygen atoms in total. The molecule has 0 saturated heterocycles. The van der Waals surface area contributed by atoms with Crippen LogP contribution in [0.5, 0.6) is 0 Å². The fraction of sp³-hybridized carbons (Fsp3) is 0.348. The lowest BCUT2D eigenvalue weighted by Crippen LogP contribution is -2.24. The van der Waals surface area contributed by atoms with E-state index in [1.54, 1.807) is 48.5 Å². The molecule has 0 aromatic heterocycles. The molecule has 0 unspecified atom stereocenters. The van der Waals surface area contributed by atoms with E-state index in [9.17, 15) is 14.4 Å². The van der Waals surface area contributed by atoms with Crippen LogP contribution in [0, 0.1) is 5.92 Å². The highest BCUT2D eigenvalue weighted by molar-refractivity contribution is 5.96. The summed E-state index contributed by atoms with van der Waals surface area (Å²) in [6, 6.07) is 14.0. The molecule has 4 N–H and O–H groups in total. The standard InChI is InChI=1S/C23H30N4O3/c1-4-5-14-24-23(30)17-6-8-19(9-7-17)26-21(28)15-25-18-10-12-20(13-11-18)27-22(29)16(2)3/h6-13,16,25H,4-5,14-15H2,1-3H3,(H,24,30)(H,26,28)(H,27,29). The van der Waals surface area contributed by atoms with Crippen molar-refractivity contribution in [3.63, 3.8) is 0 Å². The molecule has 7 heteroatoms. The normalized spacial score (nSPS) is 10.4. The van der Waals surface area contributed by atoms with Crippen molar-refractivity contribution >= 4 is 34.8 Å². The van der Waals surface area contributed by atoms with Crippen LogP contribution in [-0.4, -0.2) is 30.8 Å². The van der Waals surface area contributed by atoms with Crippen LogP contribution in [0.3, 0.4) is 0 Å². The van der Waals surface area contributed by atoms with Crippen molar-refractivity contribution < 1.29 is 14.4 Å². The lowest BCUT2D eigenvalue weighted by Gasteiger charge is -2.10. The van der Waals surface area contributed by atoms with Crippen molar-refractivity contribution in [3.8, 4) is 0 Å². The molecule has 0 fully saturated rings. The molecule has 0 bridgehead atoms. The maximum absolute atomic E-state index is 12.2. The maximum Gasteiger partial charge on any atom is 0.251 e. The zero-order valence-corrected chi connectivity index (χ0v) is 17.7. The van der Waals surface area contributed by atoms with Gasteiger partial charge in [-0.05, 0) is 55.0 Å². The van der Waals surface area contributed by atoms with Crippen molar-refractivity contribution in [2.24, 2.45) is 5.92 Å². The molecule has 3 amide bonds. The van der Waals surface area contributed by atoms with Crippen molar-refractivity contribution in [1.29, 1.82) is 0 Å². The fourth-order valence-electron chi connectivity index (χ4n) is 2.53. The fourth-order valence-corrected chi connectivity index (χ4v) is 2.53. The zero-order chi connectivity index (χ0) is 21.9. The summed E-state index contributed by atoms with van der Waals surface area (Å²) < 4.78 is 0. The number of carbonyl (C=O) groups excluding carboxylic acids is 3. The van der Waals surface area contributed by atoms with Gasteiger partial charge in [0.15, 0.2) is 0 Å². The maximum atomic E-state index is 12.2. The summed E-state index contributed by atoms with van der Waals surface area (Å²) in [5.74, 6) is -0.445. The van der Waals surface area contributed by atoms with E-state index >= 15 is 0 Å². The van der Waals surface area contributed by atoms with E-state index in [2.05, 4.69) is 28.2 Å². The van der Waals surface area contributed by atoms with Crippen LogP contribution in [0.4, 0.5) is 17.1 Å². The molecular formula is C23H30N4O3. The summed E-state index contributed by atoms with van der Waals surface area (Å²) >= 11 is 0. The minimum atomic E-state index is -0.202. The van der Waals surface area contributed by atoms with E-state index in [0.717, 1.165) is 18.5 Å². The Morgan fingerprint density at radius 2 is 1.40 bits per heavy atom. The third-order valence-corrected chi connectivity index (χ3v) is 4.38. The number of amides is 3. The topological polar surface area (TPSA) is 99.3 Å². The molecule has 30 heavy (non-hydrogen) atoms. The van der Waals surface area contributed by atoms with Crippen LogP contribution in [0.15, 0.2) is 48.5 Å². The largest absolute Gasteiger partial charge is 0.376 e. The second-order valence-electron chi connectivity index (χ2n) is 7.31. The lowest BCUT2D eigenvalue weighted by molar-refractivity contribution is -0.119. The Bertz CT molecular complexity index is 846. The highest BCUT2D eigenvalue weighted by Gasteiger charge is 2.08. The Morgan fingerprint density at radius 3 is 2.00 bits per heavy atom. The quantitative estimate of drug-likeness (QED) is 0.447. The van der Waals surface area contributed by atoms with Gasteiger partial charge in [-0.15, -0.1) is 0 Å². The minimum Gasteiger partial charge on any atom is -0.376 e. The molecule has 0 aliphatic heterocycles. The third kappa shape index (κ3) is 7.58. The van der Waals surface area contributed by atoms with Crippen LogP contribution in [0.2, 0.25) is 0 Å². The number of hydrogen-bond acceptors (Lipinski definition) is 4. The Kier molecular flexibility index (Phi) is 8.87. The van der Waals surface area contributed by atoms with Gasteiger partial charge < -0.3 is 21.3 Å². The summed E-state index contributed by atoms with van der Waals surface area (Å²) in [7, 11) is 0. The Morgan fingerprint density at radius 1 is 0.833 bits per heavy atom. The van der Waals surface area contributed by atoms with Crippen molar-refractivity contribution in [2.75, 3.05) is 29.0 Å². The lowest BCUT2D eigenvalue weighted by atomic mass is 10.2. The smallest absolute Gasteiger partial charge is 0.251 e. The Hall–Kier alpha value is -3.35. The van der Waals surface area contributed by atoms with Crippen LogP contribution in [-0.2, 0) is 9.59 Å². The molecule has 0 spiro atoms. The predicted octanol–water partition coefficient (Wildman–Crippen LogP) is 3.86. The molecule has 2 aromatic carbocycles. The number of nitrogens with one attached hydrogen (secondary N) is 4. The van der Waals surface area contributed by atoms with Gasteiger partial charge in [-0.1, -0.05) is 27.2 Å². The first-order valence-electron chi connectivity index (χ1n) is 10.2. The highest BCUT2D eigenvalue weighted by Crippen LogP contribution is 2.15. The first-order chi connectivity index (χ1) is 14.4.